The Balaban J connectivity index is 2.25. The Morgan fingerprint density at radius 2 is 1.70 bits per heavy atom. The van der Waals surface area contributed by atoms with Gasteiger partial charge in [-0.3, -0.25) is 0 Å². The maximum absolute atomic E-state index is 11.9. The molecule has 0 aromatic heterocycles. The first kappa shape index (κ1) is 13.5. The summed E-state index contributed by atoms with van der Waals surface area (Å²) in [5, 5.41) is 31.0. The molecule has 6 nitrogen and oxygen atoms in total. The fourth-order valence-electron chi connectivity index (χ4n) is 1.56. The van der Waals surface area contributed by atoms with E-state index in [1.807, 2.05) is 0 Å². The third kappa shape index (κ3) is 2.74. The van der Waals surface area contributed by atoms with Crippen molar-refractivity contribution in [2.24, 2.45) is 0 Å². The number of phenolic OH excluding ortho intramolecular Hbond substituents is 3. The van der Waals surface area contributed by atoms with E-state index in [2.05, 4.69) is 5.32 Å². The van der Waals surface area contributed by atoms with E-state index in [9.17, 15) is 20.1 Å². The molecule has 0 saturated heterocycles. The van der Waals surface area contributed by atoms with Crippen molar-refractivity contribution in [3.05, 3.63) is 42.0 Å². The monoisotopic (exact) mass is 275 g/mol. The highest BCUT2D eigenvalue weighted by atomic mass is 16.5. The number of ether oxygens (including phenoxy) is 1. The van der Waals surface area contributed by atoms with Crippen LogP contribution >= 0.6 is 0 Å². The molecular formula is C14H13NO5. The second-order valence-corrected chi connectivity index (χ2v) is 4.03. The Labute approximate surface area is 114 Å². The normalized spacial score (nSPS) is 10.1. The van der Waals surface area contributed by atoms with E-state index in [0.29, 0.717) is 5.69 Å². The van der Waals surface area contributed by atoms with Crippen LogP contribution in [0.2, 0.25) is 0 Å². The molecule has 104 valence electrons. The van der Waals surface area contributed by atoms with Crippen molar-refractivity contribution in [3.8, 4) is 23.0 Å². The van der Waals surface area contributed by atoms with Crippen molar-refractivity contribution in [2.45, 2.75) is 0 Å². The Morgan fingerprint density at radius 1 is 1.00 bits per heavy atom. The van der Waals surface area contributed by atoms with E-state index < -0.39 is 11.7 Å². The van der Waals surface area contributed by atoms with Crippen LogP contribution in [-0.2, 0) is 0 Å². The van der Waals surface area contributed by atoms with Gasteiger partial charge in [0.25, 0.3) is 0 Å². The predicted octanol–water partition coefficient (Wildman–Crippen LogP) is 2.06. The first-order valence-corrected chi connectivity index (χ1v) is 5.76. The smallest absolute Gasteiger partial charge is 0.343 e. The number of hydrogen-bond donors (Lipinski definition) is 4. The van der Waals surface area contributed by atoms with Crippen molar-refractivity contribution in [1.82, 2.24) is 0 Å². The van der Waals surface area contributed by atoms with Crippen LogP contribution in [0.15, 0.2) is 36.4 Å². The number of rotatable bonds is 3. The van der Waals surface area contributed by atoms with Gasteiger partial charge in [0.15, 0.2) is 23.0 Å². The largest absolute Gasteiger partial charge is 0.504 e. The third-order valence-corrected chi connectivity index (χ3v) is 2.66. The molecule has 20 heavy (non-hydrogen) atoms. The Bertz CT molecular complexity index is 654. The van der Waals surface area contributed by atoms with E-state index in [1.165, 1.54) is 24.3 Å². The Hall–Kier alpha value is -2.89. The van der Waals surface area contributed by atoms with Crippen molar-refractivity contribution >= 4 is 11.7 Å². The first-order valence-electron chi connectivity index (χ1n) is 5.76. The van der Waals surface area contributed by atoms with Crippen LogP contribution in [-0.4, -0.2) is 28.3 Å². The summed E-state index contributed by atoms with van der Waals surface area (Å²) in [7, 11) is 1.69. The first-order chi connectivity index (χ1) is 9.51. The number of anilines is 1. The van der Waals surface area contributed by atoms with E-state index in [0.717, 1.165) is 6.07 Å². The molecule has 0 aliphatic carbocycles. The number of nitrogens with one attached hydrogen (secondary N) is 1. The third-order valence-electron chi connectivity index (χ3n) is 2.66. The van der Waals surface area contributed by atoms with Crippen molar-refractivity contribution < 1.29 is 24.9 Å². The number of benzene rings is 2. The van der Waals surface area contributed by atoms with Crippen LogP contribution in [0, 0.1) is 0 Å². The van der Waals surface area contributed by atoms with E-state index >= 15 is 0 Å². The second kappa shape index (κ2) is 5.40. The van der Waals surface area contributed by atoms with E-state index in [1.54, 1.807) is 13.1 Å². The van der Waals surface area contributed by atoms with Crippen LogP contribution in [0.25, 0.3) is 0 Å². The van der Waals surface area contributed by atoms with Crippen molar-refractivity contribution in [3.63, 3.8) is 0 Å². The zero-order valence-electron chi connectivity index (χ0n) is 10.6. The SMILES string of the molecule is CNc1ccc(O)c(OC(=O)c2ccc(O)c(O)c2)c1. The zero-order valence-corrected chi connectivity index (χ0v) is 10.6. The molecule has 0 unspecified atom stereocenters. The molecule has 0 aliphatic heterocycles. The van der Waals surface area contributed by atoms with E-state index in [4.69, 9.17) is 4.74 Å². The van der Waals surface area contributed by atoms with Crippen molar-refractivity contribution in [2.75, 3.05) is 12.4 Å². The quantitative estimate of drug-likeness (QED) is 0.296. The molecule has 0 aliphatic rings. The number of carbonyl (C=O) groups excluding carboxylic acids is 1. The lowest BCUT2D eigenvalue weighted by Gasteiger charge is -2.09. The molecule has 0 saturated carbocycles. The second-order valence-electron chi connectivity index (χ2n) is 4.03. The van der Waals surface area contributed by atoms with Gasteiger partial charge in [-0.1, -0.05) is 0 Å². The number of esters is 1. The molecule has 0 radical (unpaired) electrons. The van der Waals surface area contributed by atoms with Gasteiger partial charge in [0.05, 0.1) is 5.56 Å². The number of carbonyl (C=O) groups is 1. The summed E-state index contributed by atoms with van der Waals surface area (Å²) in [6.07, 6.45) is 0. The predicted molar refractivity (Wildman–Crippen MR) is 72.4 cm³/mol. The van der Waals surface area contributed by atoms with Gasteiger partial charge < -0.3 is 25.4 Å². The molecule has 6 heteroatoms. The highest BCUT2D eigenvalue weighted by Gasteiger charge is 2.14. The van der Waals surface area contributed by atoms with E-state index in [-0.39, 0.29) is 22.8 Å². The molecule has 0 heterocycles. The minimum Gasteiger partial charge on any atom is -0.504 e. The molecule has 0 amide bonds. The molecule has 2 aromatic rings. The van der Waals surface area contributed by atoms with Crippen LogP contribution < -0.4 is 10.1 Å². The van der Waals surface area contributed by atoms with Gasteiger partial charge in [0.1, 0.15) is 0 Å². The molecule has 2 rings (SSSR count). The van der Waals surface area contributed by atoms with Gasteiger partial charge in [0.2, 0.25) is 0 Å². The standard InChI is InChI=1S/C14H13NO5/c1-15-9-3-5-11(17)13(7-9)20-14(19)8-2-4-10(16)12(18)6-8/h2-7,15-18H,1H3. The summed E-state index contributed by atoms with van der Waals surface area (Å²) in [5.74, 6) is -1.70. The highest BCUT2D eigenvalue weighted by Crippen LogP contribution is 2.30. The van der Waals surface area contributed by atoms with Crippen molar-refractivity contribution in [1.29, 1.82) is 0 Å². The van der Waals surface area contributed by atoms with Gasteiger partial charge in [-0.15, -0.1) is 0 Å². The minimum atomic E-state index is -0.760. The summed E-state index contributed by atoms with van der Waals surface area (Å²) in [4.78, 5) is 11.9. The van der Waals surface area contributed by atoms with Gasteiger partial charge in [-0.25, -0.2) is 4.79 Å². The van der Waals surface area contributed by atoms with Gasteiger partial charge >= 0.3 is 5.97 Å². The summed E-state index contributed by atoms with van der Waals surface area (Å²) >= 11 is 0. The average Bonchev–Trinajstić information content (AvgIpc) is 2.44. The molecule has 0 atom stereocenters. The van der Waals surface area contributed by atoms with Gasteiger partial charge in [0, 0.05) is 18.8 Å². The Kier molecular flexibility index (Phi) is 3.65. The van der Waals surface area contributed by atoms with Crippen LogP contribution in [0.1, 0.15) is 10.4 Å². The Morgan fingerprint density at radius 3 is 2.35 bits per heavy atom. The lowest BCUT2D eigenvalue weighted by atomic mass is 10.2. The summed E-state index contributed by atoms with van der Waals surface area (Å²) in [6.45, 7) is 0. The summed E-state index contributed by atoms with van der Waals surface area (Å²) < 4.78 is 5.05. The average molecular weight is 275 g/mol. The molecule has 0 fully saturated rings. The molecule has 4 N–H and O–H groups in total. The maximum atomic E-state index is 11.9. The van der Waals surface area contributed by atoms with Gasteiger partial charge in [-0.2, -0.15) is 0 Å². The maximum Gasteiger partial charge on any atom is 0.343 e. The van der Waals surface area contributed by atoms with Crippen LogP contribution in [0.5, 0.6) is 23.0 Å². The van der Waals surface area contributed by atoms with Gasteiger partial charge in [-0.05, 0) is 30.3 Å². The minimum absolute atomic E-state index is 0.00517. The molecule has 2 aromatic carbocycles. The number of phenols is 3. The lowest BCUT2D eigenvalue weighted by molar-refractivity contribution is 0.0729. The van der Waals surface area contributed by atoms with Crippen LogP contribution in [0.4, 0.5) is 5.69 Å². The molecular weight excluding hydrogens is 262 g/mol. The fourth-order valence-corrected chi connectivity index (χ4v) is 1.56. The number of hydrogen-bond acceptors (Lipinski definition) is 6. The highest BCUT2D eigenvalue weighted by molar-refractivity contribution is 5.92. The zero-order chi connectivity index (χ0) is 14.7. The summed E-state index contributed by atoms with van der Waals surface area (Å²) in [5.41, 5.74) is 0.716. The molecule has 0 spiro atoms. The lowest BCUT2D eigenvalue weighted by Crippen LogP contribution is -2.08. The summed E-state index contributed by atoms with van der Waals surface area (Å²) in [6, 6.07) is 8.04. The number of aromatic hydroxyl groups is 3. The fraction of sp³-hybridized carbons (Fsp3) is 0.0714. The molecule has 0 bridgehead atoms. The van der Waals surface area contributed by atoms with Crippen LogP contribution in [0.3, 0.4) is 0 Å². The topological polar surface area (TPSA) is 99.0 Å².